The highest BCUT2D eigenvalue weighted by Crippen LogP contribution is 2.41. The second-order valence-electron chi connectivity index (χ2n) is 10.4. The Morgan fingerprint density at radius 1 is 1.06 bits per heavy atom. The highest BCUT2D eigenvalue weighted by Gasteiger charge is 2.44. The molecule has 1 spiro atoms. The number of rotatable bonds is 4. The normalized spacial score (nSPS) is 27.4. The van der Waals surface area contributed by atoms with Crippen molar-refractivity contribution in [1.29, 1.82) is 0 Å². The zero-order chi connectivity index (χ0) is 22.3. The van der Waals surface area contributed by atoms with E-state index >= 15 is 0 Å². The molecule has 0 saturated carbocycles. The van der Waals surface area contributed by atoms with Crippen molar-refractivity contribution in [3.63, 3.8) is 0 Å². The van der Waals surface area contributed by atoms with E-state index in [0.717, 1.165) is 45.6 Å². The highest BCUT2D eigenvalue weighted by molar-refractivity contribution is 6.00. The van der Waals surface area contributed by atoms with E-state index in [1.165, 1.54) is 32.0 Å². The van der Waals surface area contributed by atoms with Crippen molar-refractivity contribution in [2.75, 3.05) is 50.7 Å². The maximum absolute atomic E-state index is 14.9. The van der Waals surface area contributed by atoms with Gasteiger partial charge in [-0.1, -0.05) is 6.07 Å². The molecule has 0 aliphatic carbocycles. The number of nitrogens with two attached hydrogens (primary N) is 1. The van der Waals surface area contributed by atoms with Crippen LogP contribution in [0.25, 0.3) is 0 Å². The first-order chi connectivity index (χ1) is 15.4. The van der Waals surface area contributed by atoms with E-state index in [0.29, 0.717) is 35.4 Å². The molecule has 4 aliphatic heterocycles. The van der Waals surface area contributed by atoms with Gasteiger partial charge in [-0.15, -0.1) is 0 Å². The summed E-state index contributed by atoms with van der Waals surface area (Å²) in [5.74, 6) is 5.28. The van der Waals surface area contributed by atoms with Crippen molar-refractivity contribution in [3.05, 3.63) is 29.6 Å². The number of carbonyl (C=O) groups excluding carboxylic acids is 2. The maximum Gasteiger partial charge on any atom is 0.234 e. The van der Waals surface area contributed by atoms with Crippen LogP contribution in [0.3, 0.4) is 0 Å². The largest absolute Gasteiger partial charge is 0.369 e. The van der Waals surface area contributed by atoms with Crippen LogP contribution in [0.4, 0.5) is 10.1 Å². The van der Waals surface area contributed by atoms with E-state index in [1.54, 1.807) is 6.07 Å². The topological polar surface area (TPSA) is 81.9 Å². The molecule has 0 radical (unpaired) electrons. The van der Waals surface area contributed by atoms with Gasteiger partial charge in [0.1, 0.15) is 5.82 Å². The first-order valence-corrected chi connectivity index (χ1v) is 12.0. The Kier molecular flexibility index (Phi) is 5.94. The Labute approximate surface area is 189 Å². The highest BCUT2D eigenvalue weighted by atomic mass is 19.1. The minimum absolute atomic E-state index is 0.249. The number of nitrogens with zero attached hydrogens (tertiary/aromatic N) is 3. The second-order valence-corrected chi connectivity index (χ2v) is 10.4. The number of nitrogens with one attached hydrogen (secondary N) is 1. The standard InChI is InChI=1S/C24H34FN5O2/c25-20-13-18(19-2-4-22(31)27-23(19)32)1-3-21(20)29-9-5-17(6-10-29)14-28-15-24(16-28)7-11-30(26)12-8-24/h1,3,13,17,19H,2,4-12,14-16,26H2,(H,27,31,32). The van der Waals surface area contributed by atoms with Crippen LogP contribution in [-0.4, -0.2) is 67.5 Å². The predicted octanol–water partition coefficient (Wildman–Crippen LogP) is 1.83. The van der Waals surface area contributed by atoms with Crippen LogP contribution in [0.5, 0.6) is 0 Å². The van der Waals surface area contributed by atoms with Gasteiger partial charge in [-0.3, -0.25) is 20.7 Å². The third-order valence-corrected chi connectivity index (χ3v) is 8.06. The number of imide groups is 1. The summed E-state index contributed by atoms with van der Waals surface area (Å²) in [4.78, 5) is 28.2. The Morgan fingerprint density at radius 2 is 1.78 bits per heavy atom. The van der Waals surface area contributed by atoms with E-state index in [4.69, 9.17) is 5.84 Å². The quantitative estimate of drug-likeness (QED) is 0.546. The smallest absolute Gasteiger partial charge is 0.234 e. The molecule has 4 heterocycles. The van der Waals surface area contributed by atoms with Crippen molar-refractivity contribution < 1.29 is 14.0 Å². The molecule has 2 amide bonds. The Hall–Kier alpha value is -2.03. The molecule has 7 nitrogen and oxygen atoms in total. The van der Waals surface area contributed by atoms with Crippen LogP contribution in [0, 0.1) is 17.2 Å². The number of hydrogen-bond donors (Lipinski definition) is 2. The minimum Gasteiger partial charge on any atom is -0.369 e. The number of halogens is 1. The SMILES string of the molecule is NN1CCC2(CC1)CN(CC1CCN(c3ccc(C4CCC(=O)NC4=O)cc3F)CC1)C2. The van der Waals surface area contributed by atoms with Crippen molar-refractivity contribution in [2.24, 2.45) is 17.2 Å². The molecule has 0 aromatic heterocycles. The van der Waals surface area contributed by atoms with Gasteiger partial charge in [0.2, 0.25) is 11.8 Å². The van der Waals surface area contributed by atoms with Crippen LogP contribution >= 0.6 is 0 Å². The molecule has 4 fully saturated rings. The lowest BCUT2D eigenvalue weighted by molar-refractivity contribution is -0.134. The summed E-state index contributed by atoms with van der Waals surface area (Å²) in [6.45, 7) is 7.31. The summed E-state index contributed by atoms with van der Waals surface area (Å²) >= 11 is 0. The van der Waals surface area contributed by atoms with E-state index < -0.39 is 5.92 Å². The predicted molar refractivity (Wildman–Crippen MR) is 120 cm³/mol. The minimum atomic E-state index is -0.445. The van der Waals surface area contributed by atoms with Gasteiger partial charge in [-0.25, -0.2) is 9.40 Å². The third kappa shape index (κ3) is 4.40. The van der Waals surface area contributed by atoms with E-state index in [2.05, 4.69) is 15.1 Å². The zero-order valence-corrected chi connectivity index (χ0v) is 18.7. The molecule has 1 atom stereocenters. The van der Waals surface area contributed by atoms with Gasteiger partial charge in [0.05, 0.1) is 11.6 Å². The Balaban J connectivity index is 1.11. The summed E-state index contributed by atoms with van der Waals surface area (Å²) in [7, 11) is 0. The second kappa shape index (κ2) is 8.72. The number of anilines is 1. The fraction of sp³-hybridized carbons (Fsp3) is 0.667. The first-order valence-electron chi connectivity index (χ1n) is 12.0. The number of piperidine rings is 3. The number of benzene rings is 1. The van der Waals surface area contributed by atoms with Crippen LogP contribution in [0.15, 0.2) is 18.2 Å². The lowest BCUT2D eigenvalue weighted by Crippen LogP contribution is -2.61. The van der Waals surface area contributed by atoms with Gasteiger partial charge in [0.15, 0.2) is 0 Å². The van der Waals surface area contributed by atoms with Crippen LogP contribution < -0.4 is 16.1 Å². The Bertz CT molecular complexity index is 869. The number of carbonyl (C=O) groups is 2. The fourth-order valence-electron chi connectivity index (χ4n) is 6.08. The monoisotopic (exact) mass is 443 g/mol. The summed E-state index contributed by atoms with van der Waals surface area (Å²) in [6.07, 6.45) is 5.33. The van der Waals surface area contributed by atoms with Crippen molar-refractivity contribution >= 4 is 17.5 Å². The molecule has 32 heavy (non-hydrogen) atoms. The molecule has 4 aliphatic rings. The molecule has 1 aromatic rings. The Morgan fingerprint density at radius 3 is 2.44 bits per heavy atom. The maximum atomic E-state index is 14.9. The summed E-state index contributed by atoms with van der Waals surface area (Å²) < 4.78 is 14.9. The van der Waals surface area contributed by atoms with E-state index in [-0.39, 0.29) is 17.6 Å². The van der Waals surface area contributed by atoms with Crippen molar-refractivity contribution in [3.8, 4) is 0 Å². The van der Waals surface area contributed by atoms with Crippen LogP contribution in [-0.2, 0) is 9.59 Å². The lowest BCUT2D eigenvalue weighted by atomic mass is 9.72. The number of hydrogen-bond acceptors (Lipinski definition) is 6. The van der Waals surface area contributed by atoms with Crippen molar-refractivity contribution in [2.45, 2.75) is 44.4 Å². The van der Waals surface area contributed by atoms with Gasteiger partial charge in [0.25, 0.3) is 0 Å². The molecule has 1 aromatic carbocycles. The lowest BCUT2D eigenvalue weighted by Gasteiger charge is -2.54. The van der Waals surface area contributed by atoms with Gasteiger partial charge >= 0.3 is 0 Å². The number of hydrazine groups is 1. The zero-order valence-electron chi connectivity index (χ0n) is 18.7. The van der Waals surface area contributed by atoms with Gasteiger partial charge in [0, 0.05) is 52.2 Å². The third-order valence-electron chi connectivity index (χ3n) is 8.06. The molecular weight excluding hydrogens is 409 g/mol. The fourth-order valence-corrected chi connectivity index (χ4v) is 6.08. The number of likely N-dealkylation sites (tertiary alicyclic amines) is 1. The average Bonchev–Trinajstić information content (AvgIpc) is 2.75. The summed E-state index contributed by atoms with van der Waals surface area (Å²) in [5.41, 5.74) is 1.78. The van der Waals surface area contributed by atoms with Gasteiger partial charge in [-0.05, 0) is 61.1 Å². The molecule has 174 valence electrons. The van der Waals surface area contributed by atoms with Crippen LogP contribution in [0.2, 0.25) is 0 Å². The van der Waals surface area contributed by atoms with E-state index in [1.807, 2.05) is 11.1 Å². The number of amides is 2. The molecule has 1 unspecified atom stereocenters. The molecule has 3 N–H and O–H groups in total. The average molecular weight is 444 g/mol. The van der Waals surface area contributed by atoms with Crippen LogP contribution in [0.1, 0.15) is 50.0 Å². The van der Waals surface area contributed by atoms with E-state index in [9.17, 15) is 14.0 Å². The van der Waals surface area contributed by atoms with Gasteiger partial charge in [-0.2, -0.15) is 0 Å². The molecule has 4 saturated heterocycles. The first kappa shape index (κ1) is 21.8. The van der Waals surface area contributed by atoms with Crippen molar-refractivity contribution in [1.82, 2.24) is 15.2 Å². The molecule has 8 heteroatoms. The molecule has 5 rings (SSSR count). The summed E-state index contributed by atoms with van der Waals surface area (Å²) in [5, 5.41) is 4.30. The van der Waals surface area contributed by atoms with Gasteiger partial charge < -0.3 is 9.80 Å². The summed E-state index contributed by atoms with van der Waals surface area (Å²) in [6, 6.07) is 5.13. The molecular formula is C24H34FN5O2. The molecule has 0 bridgehead atoms.